The second-order valence-electron chi connectivity index (χ2n) is 0.189. The van der Waals surface area contributed by atoms with E-state index in [1.165, 1.54) is 0 Å². The minimum absolute atomic E-state index is 1.08. The molecule has 0 rings (SSSR count). The molecule has 0 unspecified atom stereocenters. The molecule has 0 aliphatic rings. The maximum absolute atomic E-state index is 3.83. The van der Waals surface area contributed by atoms with Gasteiger partial charge in [0.25, 0.3) is 0 Å². The van der Waals surface area contributed by atoms with E-state index in [1.807, 2.05) is 0 Å². The van der Waals surface area contributed by atoms with E-state index in [2.05, 4.69) is 20.8 Å². The maximum atomic E-state index is 3.83. The third-order valence-corrected chi connectivity index (χ3v) is 3.62. The molecule has 0 saturated carbocycles. The molecule has 0 atom stereocenters. The Bertz CT molecular complexity index is 41.2. The van der Waals surface area contributed by atoms with Crippen LogP contribution in [0.25, 0.3) is 0 Å². The molecule has 0 heterocycles. The molecule has 0 bridgehead atoms. The van der Waals surface area contributed by atoms with E-state index in [1.54, 1.807) is 0 Å². The quantitative estimate of drug-likeness (QED) is 0.375. The van der Waals surface area contributed by atoms with E-state index in [4.69, 9.17) is 0 Å². The summed E-state index contributed by atoms with van der Waals surface area (Å²) in [5, 5.41) is 0. The zero-order valence-electron chi connectivity index (χ0n) is 1.84. The summed E-state index contributed by atoms with van der Waals surface area (Å²) < 4.78 is 0. The number of hydrogen-bond donors (Lipinski definition) is 1. The molecule has 0 saturated heterocycles. The summed E-state index contributed by atoms with van der Waals surface area (Å²) in [4.78, 5) is 0. The Hall–Kier alpha value is 1.38. The molecule has 0 fully saturated rings. The average molecular weight is 127 g/mol. The molecule has 22 valence electrons. The molecule has 0 nitrogen and oxygen atoms in total. The van der Waals surface area contributed by atoms with Crippen LogP contribution in [0.1, 0.15) is 0 Å². The van der Waals surface area contributed by atoms with E-state index in [0.29, 0.717) is 0 Å². The van der Waals surface area contributed by atoms with Crippen LogP contribution >= 0.6 is 35.0 Å². The van der Waals surface area contributed by atoms with Gasteiger partial charge in [0.1, 0.15) is 0 Å². The second kappa shape index (κ2) is 4.38. The van der Waals surface area contributed by atoms with Crippen molar-refractivity contribution in [2.45, 2.75) is 0 Å². The van der Waals surface area contributed by atoms with E-state index in [-0.39, 0.29) is 0 Å². The van der Waals surface area contributed by atoms with Crippen LogP contribution in [0.2, 0.25) is 0 Å². The standard InChI is InChI=1S/H2P3S/c1-2-3-4/h1,4H/q+1. The van der Waals surface area contributed by atoms with Crippen LogP contribution in [0.4, 0.5) is 0 Å². The van der Waals surface area contributed by atoms with Crippen molar-refractivity contribution >= 4 is 35.0 Å². The monoisotopic (exact) mass is 127 g/mol. The van der Waals surface area contributed by atoms with Gasteiger partial charge in [0.15, 0.2) is 0 Å². The van der Waals surface area contributed by atoms with Gasteiger partial charge in [-0.15, -0.1) is 0 Å². The normalized spacial score (nSPS) is 7.25. The summed E-state index contributed by atoms with van der Waals surface area (Å²) >= 11 is 3.83. The number of hydrogen-bond acceptors (Lipinski definition) is 0. The molecule has 4 heteroatoms. The van der Waals surface area contributed by atoms with Gasteiger partial charge in [-0.1, -0.05) is 0 Å². The van der Waals surface area contributed by atoms with Crippen molar-refractivity contribution in [3.8, 4) is 0 Å². The van der Waals surface area contributed by atoms with Gasteiger partial charge < -0.3 is 0 Å². The van der Waals surface area contributed by atoms with Gasteiger partial charge in [0, 0.05) is 0 Å². The van der Waals surface area contributed by atoms with Crippen LogP contribution < -0.4 is 0 Å². The molecule has 0 amide bonds. The summed E-state index contributed by atoms with van der Waals surface area (Å²) in [5.41, 5.74) is 0. The van der Waals surface area contributed by atoms with E-state index in [9.17, 15) is 0 Å². The first-order chi connectivity index (χ1) is 1.91. The van der Waals surface area contributed by atoms with Crippen molar-refractivity contribution in [1.82, 2.24) is 0 Å². The summed E-state index contributed by atoms with van der Waals surface area (Å²) in [6.07, 6.45) is 0. The van der Waals surface area contributed by atoms with Gasteiger partial charge in [-0.25, -0.2) is 0 Å². The molecule has 0 aromatic carbocycles. The fourth-order valence-corrected chi connectivity index (χ4v) is 0. The van der Waals surface area contributed by atoms with Gasteiger partial charge in [-0.05, 0) is 0 Å². The zero-order chi connectivity index (χ0) is 3.41. The van der Waals surface area contributed by atoms with Crippen molar-refractivity contribution in [2.24, 2.45) is 0 Å². The molecule has 0 aliphatic heterocycles. The van der Waals surface area contributed by atoms with Gasteiger partial charge in [0.2, 0.25) is 0 Å². The molecule has 0 aromatic rings. The molecule has 0 radical (unpaired) electrons. The molecule has 0 aromatic heterocycles. The topological polar surface area (TPSA) is 0 Å². The van der Waals surface area contributed by atoms with Crippen molar-refractivity contribution in [3.05, 3.63) is 0 Å². The first-order valence-electron chi connectivity index (χ1n) is 0.624. The number of thiol groups is 1. The summed E-state index contributed by atoms with van der Waals surface area (Å²) in [6, 6.07) is 0. The third kappa shape index (κ3) is 3.38. The second-order valence-corrected chi connectivity index (χ2v) is 5.11. The van der Waals surface area contributed by atoms with Gasteiger partial charge in [-0.3, -0.25) is 0 Å². The Labute approximate surface area is 35.6 Å². The predicted molar refractivity (Wildman–Crippen MR) is 31.1 cm³/mol. The van der Waals surface area contributed by atoms with Crippen molar-refractivity contribution in [1.29, 1.82) is 0 Å². The molecule has 0 N–H and O–H groups in total. The van der Waals surface area contributed by atoms with Crippen molar-refractivity contribution in [2.75, 3.05) is 0 Å². The van der Waals surface area contributed by atoms with E-state index >= 15 is 0 Å². The number of rotatable bonds is 0. The zero-order valence-corrected chi connectivity index (χ0v) is 5.52. The van der Waals surface area contributed by atoms with Crippen LogP contribution in [0.5, 0.6) is 0 Å². The summed E-state index contributed by atoms with van der Waals surface area (Å²) in [5.74, 6) is 0. The van der Waals surface area contributed by atoms with Crippen LogP contribution in [0.15, 0.2) is 0 Å². The molecular formula is H2P3S+. The van der Waals surface area contributed by atoms with Gasteiger partial charge in [0.05, 0.1) is 0 Å². The van der Waals surface area contributed by atoms with Crippen LogP contribution in [0.3, 0.4) is 0 Å². The third-order valence-electron chi connectivity index (χ3n) is 0.0447. The molecular weight excluding hydrogens is 125 g/mol. The first-order valence-corrected chi connectivity index (χ1v) is 5.61. The molecule has 0 aliphatic carbocycles. The Balaban J connectivity index is 3.11. The molecule has 4 heavy (non-hydrogen) atoms. The van der Waals surface area contributed by atoms with Crippen LogP contribution in [-0.4, -0.2) is 0 Å². The Morgan fingerprint density at radius 3 is 2.25 bits per heavy atom. The average Bonchev–Trinajstić information content (AvgIpc) is 1.37. The minimum atomic E-state index is 1.08. The van der Waals surface area contributed by atoms with Gasteiger partial charge >= 0.3 is 35.0 Å². The first kappa shape index (κ1) is 5.38. The van der Waals surface area contributed by atoms with Crippen LogP contribution in [0, 0.1) is 0 Å². The van der Waals surface area contributed by atoms with Gasteiger partial charge in [-0.2, -0.15) is 0 Å². The fourth-order valence-electron chi connectivity index (χ4n) is 0. The SMILES string of the molecule is P=[P+]=PS. The predicted octanol–water partition coefficient (Wildman–Crippen LogP) is 2.70. The molecule has 0 spiro atoms. The fraction of sp³-hybridized carbons (Fsp3) is 0. The van der Waals surface area contributed by atoms with E-state index < -0.39 is 0 Å². The summed E-state index contributed by atoms with van der Waals surface area (Å²) in [7, 11) is 5.39. The van der Waals surface area contributed by atoms with E-state index in [0.717, 1.165) is 14.2 Å². The van der Waals surface area contributed by atoms with Crippen LogP contribution in [-0.2, 0) is 0 Å². The Morgan fingerprint density at radius 2 is 2.25 bits per heavy atom. The van der Waals surface area contributed by atoms with Crippen molar-refractivity contribution < 1.29 is 0 Å². The van der Waals surface area contributed by atoms with Crippen molar-refractivity contribution in [3.63, 3.8) is 0 Å². The summed E-state index contributed by atoms with van der Waals surface area (Å²) in [6.45, 7) is 0. The Morgan fingerprint density at radius 1 is 2.00 bits per heavy atom. The Kier molecular flexibility index (Phi) is 5.89.